The first-order valence-corrected chi connectivity index (χ1v) is 9.97. The lowest BCUT2D eigenvalue weighted by molar-refractivity contribution is -0.130. The second kappa shape index (κ2) is 7.75. The summed E-state index contributed by atoms with van der Waals surface area (Å²) >= 11 is 0. The van der Waals surface area contributed by atoms with Crippen LogP contribution in [0.1, 0.15) is 38.2 Å². The van der Waals surface area contributed by atoms with Gasteiger partial charge in [-0.25, -0.2) is 0 Å². The van der Waals surface area contributed by atoms with E-state index >= 15 is 0 Å². The fraction of sp³-hybridized carbons (Fsp3) is 0.476. The third kappa shape index (κ3) is 3.80. The first-order chi connectivity index (χ1) is 13.6. The smallest absolute Gasteiger partial charge is 0.252 e. The number of hydrogen-bond acceptors (Lipinski definition) is 4. The van der Waals surface area contributed by atoms with Gasteiger partial charge >= 0.3 is 0 Å². The van der Waals surface area contributed by atoms with Gasteiger partial charge in [0.05, 0.1) is 0 Å². The number of anilines is 1. The highest BCUT2D eigenvalue weighted by Gasteiger charge is 2.42. The van der Waals surface area contributed by atoms with Crippen LogP contribution in [0, 0.1) is 0 Å². The van der Waals surface area contributed by atoms with E-state index in [2.05, 4.69) is 15.7 Å². The lowest BCUT2D eigenvalue weighted by atomic mass is 9.87. The van der Waals surface area contributed by atoms with Crippen molar-refractivity contribution >= 4 is 17.5 Å². The van der Waals surface area contributed by atoms with Crippen molar-refractivity contribution in [2.24, 2.45) is 0 Å². The molecule has 2 aliphatic rings. The van der Waals surface area contributed by atoms with E-state index in [1.54, 1.807) is 17.8 Å². The van der Waals surface area contributed by atoms with Crippen LogP contribution in [0.4, 0.5) is 5.69 Å². The molecule has 1 saturated heterocycles. The molecule has 1 aromatic heterocycles. The van der Waals surface area contributed by atoms with E-state index in [9.17, 15) is 9.59 Å². The second-order valence-electron chi connectivity index (χ2n) is 7.76. The first kappa shape index (κ1) is 18.7. The molecule has 2 fully saturated rings. The van der Waals surface area contributed by atoms with Gasteiger partial charge in [0, 0.05) is 37.6 Å². The quantitative estimate of drug-likeness (QED) is 0.803. The van der Waals surface area contributed by atoms with Gasteiger partial charge in [-0.05, 0) is 62.5 Å². The summed E-state index contributed by atoms with van der Waals surface area (Å²) in [6.45, 7) is 3.82. The van der Waals surface area contributed by atoms with E-state index < -0.39 is 5.54 Å². The standard InChI is InChI=1S/C21H27N5O2/c1-16(27)25(19-7-8-19)15-17-3-5-18(6-4-17)24-20(28)21(9-12-22-13-10-21)26-14-2-11-23-26/h2-6,11,14,19,22H,7-10,12-13,15H2,1H3,(H,24,28). The summed E-state index contributed by atoms with van der Waals surface area (Å²) in [4.78, 5) is 26.9. The van der Waals surface area contributed by atoms with E-state index in [4.69, 9.17) is 0 Å². The van der Waals surface area contributed by atoms with Gasteiger partial charge in [0.15, 0.2) is 0 Å². The molecule has 2 heterocycles. The van der Waals surface area contributed by atoms with Gasteiger partial charge in [-0.2, -0.15) is 5.10 Å². The van der Waals surface area contributed by atoms with Crippen molar-refractivity contribution in [2.45, 2.75) is 50.7 Å². The Bertz CT molecular complexity index is 821. The molecule has 28 heavy (non-hydrogen) atoms. The Morgan fingerprint density at radius 3 is 2.54 bits per heavy atom. The second-order valence-corrected chi connectivity index (χ2v) is 7.76. The molecule has 1 saturated carbocycles. The highest BCUT2D eigenvalue weighted by atomic mass is 16.2. The lowest BCUT2D eigenvalue weighted by Gasteiger charge is -2.36. The fourth-order valence-corrected chi connectivity index (χ4v) is 3.94. The van der Waals surface area contributed by atoms with Gasteiger partial charge in [-0.15, -0.1) is 0 Å². The minimum absolute atomic E-state index is 0.0335. The van der Waals surface area contributed by atoms with Crippen LogP contribution < -0.4 is 10.6 Å². The molecule has 2 aromatic rings. The molecule has 1 aliphatic carbocycles. The highest BCUT2D eigenvalue weighted by molar-refractivity contribution is 5.96. The summed E-state index contributed by atoms with van der Waals surface area (Å²) in [7, 11) is 0. The van der Waals surface area contributed by atoms with Crippen molar-refractivity contribution in [3.8, 4) is 0 Å². The zero-order valence-electron chi connectivity index (χ0n) is 16.2. The molecule has 0 radical (unpaired) electrons. The van der Waals surface area contributed by atoms with Crippen molar-refractivity contribution < 1.29 is 9.59 Å². The predicted octanol–water partition coefficient (Wildman–Crippen LogP) is 2.11. The average Bonchev–Trinajstić information content (AvgIpc) is 3.39. The molecule has 0 unspecified atom stereocenters. The molecular weight excluding hydrogens is 354 g/mol. The molecule has 1 aliphatic heterocycles. The third-order valence-electron chi connectivity index (χ3n) is 5.75. The minimum Gasteiger partial charge on any atom is -0.336 e. The molecule has 148 valence electrons. The Labute approximate surface area is 165 Å². The van der Waals surface area contributed by atoms with Crippen LogP contribution in [0.5, 0.6) is 0 Å². The molecular formula is C21H27N5O2. The van der Waals surface area contributed by atoms with Gasteiger partial charge in [-0.1, -0.05) is 12.1 Å². The van der Waals surface area contributed by atoms with Crippen molar-refractivity contribution in [2.75, 3.05) is 18.4 Å². The van der Waals surface area contributed by atoms with Crippen LogP contribution >= 0.6 is 0 Å². The van der Waals surface area contributed by atoms with E-state index in [0.717, 1.165) is 37.2 Å². The monoisotopic (exact) mass is 381 g/mol. The van der Waals surface area contributed by atoms with Gasteiger partial charge in [-0.3, -0.25) is 14.3 Å². The molecule has 0 bridgehead atoms. The Morgan fingerprint density at radius 1 is 1.25 bits per heavy atom. The van der Waals surface area contributed by atoms with E-state index in [-0.39, 0.29) is 11.8 Å². The Balaban J connectivity index is 1.46. The average molecular weight is 381 g/mol. The topological polar surface area (TPSA) is 79.3 Å². The number of hydrogen-bond donors (Lipinski definition) is 2. The van der Waals surface area contributed by atoms with Crippen molar-refractivity contribution in [3.05, 3.63) is 48.3 Å². The van der Waals surface area contributed by atoms with Crippen LogP contribution in [0.2, 0.25) is 0 Å². The number of nitrogens with one attached hydrogen (secondary N) is 2. The summed E-state index contributed by atoms with van der Waals surface area (Å²) in [6, 6.07) is 10.0. The third-order valence-corrected chi connectivity index (χ3v) is 5.75. The maximum Gasteiger partial charge on any atom is 0.252 e. The lowest BCUT2D eigenvalue weighted by Crippen LogP contribution is -2.52. The molecule has 2 amide bonds. The van der Waals surface area contributed by atoms with Gasteiger partial charge in [0.25, 0.3) is 5.91 Å². The van der Waals surface area contributed by atoms with Crippen molar-refractivity contribution in [1.82, 2.24) is 20.0 Å². The van der Waals surface area contributed by atoms with Gasteiger partial charge in [0.1, 0.15) is 5.54 Å². The number of benzene rings is 1. The summed E-state index contributed by atoms with van der Waals surface area (Å²) in [5.74, 6) is 0.0840. The Hall–Kier alpha value is -2.67. The molecule has 0 atom stereocenters. The fourth-order valence-electron chi connectivity index (χ4n) is 3.94. The Morgan fingerprint density at radius 2 is 1.96 bits per heavy atom. The first-order valence-electron chi connectivity index (χ1n) is 9.97. The normalized spacial score (nSPS) is 18.5. The number of aromatic nitrogens is 2. The number of piperidine rings is 1. The largest absolute Gasteiger partial charge is 0.336 e. The van der Waals surface area contributed by atoms with Gasteiger partial charge in [0.2, 0.25) is 5.91 Å². The number of carbonyl (C=O) groups is 2. The van der Waals surface area contributed by atoms with E-state index in [1.165, 1.54) is 0 Å². The van der Waals surface area contributed by atoms with Crippen LogP contribution in [0.3, 0.4) is 0 Å². The Kier molecular flexibility index (Phi) is 5.17. The predicted molar refractivity (Wildman–Crippen MR) is 107 cm³/mol. The molecule has 2 N–H and O–H groups in total. The minimum atomic E-state index is -0.662. The summed E-state index contributed by atoms with van der Waals surface area (Å²) in [6.07, 6.45) is 7.17. The maximum atomic E-state index is 13.2. The highest BCUT2D eigenvalue weighted by Crippen LogP contribution is 2.30. The molecule has 1 aromatic carbocycles. The van der Waals surface area contributed by atoms with Gasteiger partial charge < -0.3 is 15.5 Å². The number of carbonyl (C=O) groups excluding carboxylic acids is 2. The summed E-state index contributed by atoms with van der Waals surface area (Å²) in [5, 5.41) is 10.7. The number of rotatable bonds is 6. The SMILES string of the molecule is CC(=O)N(Cc1ccc(NC(=O)C2(n3cccn3)CCNCC2)cc1)C1CC1. The molecule has 7 heteroatoms. The summed E-state index contributed by atoms with van der Waals surface area (Å²) in [5.41, 5.74) is 1.17. The van der Waals surface area contributed by atoms with Crippen LogP contribution in [0.25, 0.3) is 0 Å². The maximum absolute atomic E-state index is 13.2. The number of amides is 2. The van der Waals surface area contributed by atoms with E-state index in [1.807, 2.05) is 41.4 Å². The summed E-state index contributed by atoms with van der Waals surface area (Å²) < 4.78 is 1.79. The van der Waals surface area contributed by atoms with Crippen LogP contribution in [0.15, 0.2) is 42.7 Å². The zero-order valence-corrected chi connectivity index (χ0v) is 16.2. The van der Waals surface area contributed by atoms with E-state index in [0.29, 0.717) is 25.4 Å². The van der Waals surface area contributed by atoms with Crippen LogP contribution in [-0.4, -0.2) is 45.6 Å². The number of nitrogens with zero attached hydrogens (tertiary/aromatic N) is 3. The molecule has 7 nitrogen and oxygen atoms in total. The molecule has 0 spiro atoms. The van der Waals surface area contributed by atoms with Crippen LogP contribution in [-0.2, 0) is 21.7 Å². The zero-order chi connectivity index (χ0) is 19.6. The van der Waals surface area contributed by atoms with Crippen molar-refractivity contribution in [1.29, 1.82) is 0 Å². The van der Waals surface area contributed by atoms with Crippen molar-refractivity contribution in [3.63, 3.8) is 0 Å². The molecule has 4 rings (SSSR count).